The summed E-state index contributed by atoms with van der Waals surface area (Å²) >= 11 is 1.22. The first-order valence-corrected chi connectivity index (χ1v) is 11.2. The van der Waals surface area contributed by atoms with E-state index in [1.807, 2.05) is 0 Å². The molecule has 1 N–H and O–H groups in total. The number of piperidine rings is 1. The van der Waals surface area contributed by atoms with Gasteiger partial charge in [-0.15, -0.1) is 11.3 Å². The summed E-state index contributed by atoms with van der Waals surface area (Å²) < 4.78 is 41.8. The van der Waals surface area contributed by atoms with Crippen molar-refractivity contribution in [2.45, 2.75) is 29.6 Å². The number of nitrogens with one attached hydrogen (secondary N) is 1. The second-order valence-corrected chi connectivity index (χ2v) is 9.60. The molecule has 5 nitrogen and oxygen atoms in total. The molecule has 8 heteroatoms. The van der Waals surface area contributed by atoms with Crippen molar-refractivity contribution >= 4 is 32.3 Å². The van der Waals surface area contributed by atoms with Crippen LogP contribution in [-0.2, 0) is 16.6 Å². The number of hydrogen-bond donors (Lipinski definition) is 1. The van der Waals surface area contributed by atoms with E-state index in [9.17, 15) is 12.8 Å². The van der Waals surface area contributed by atoms with Crippen LogP contribution in [0.15, 0.2) is 52.2 Å². The fraction of sp³-hybridized carbons (Fsp3) is 0.316. The summed E-state index contributed by atoms with van der Waals surface area (Å²) in [7, 11) is -3.43. The van der Waals surface area contributed by atoms with Gasteiger partial charge in [-0.05, 0) is 48.1 Å². The van der Waals surface area contributed by atoms with Crippen LogP contribution in [0.25, 0.3) is 10.9 Å². The molecule has 1 aromatic carbocycles. The van der Waals surface area contributed by atoms with Gasteiger partial charge in [-0.2, -0.15) is 0 Å². The van der Waals surface area contributed by atoms with E-state index in [0.717, 1.165) is 31.5 Å². The third-order valence-corrected chi connectivity index (χ3v) is 7.78. The minimum absolute atomic E-state index is 0.0589. The lowest BCUT2D eigenvalue weighted by atomic mass is 10.0. The molecule has 0 spiro atoms. The van der Waals surface area contributed by atoms with Crippen LogP contribution in [0.3, 0.4) is 0 Å². The highest BCUT2D eigenvalue weighted by Gasteiger charge is 2.25. The summed E-state index contributed by atoms with van der Waals surface area (Å²) in [6, 6.07) is 10.1. The largest absolute Gasteiger partial charge is 0.299 e. The molecule has 0 radical (unpaired) electrons. The number of pyridine rings is 1. The van der Waals surface area contributed by atoms with Crippen molar-refractivity contribution in [1.82, 2.24) is 14.6 Å². The Morgan fingerprint density at radius 3 is 2.74 bits per heavy atom. The summed E-state index contributed by atoms with van der Waals surface area (Å²) in [5.41, 5.74) is 1.68. The van der Waals surface area contributed by atoms with Crippen LogP contribution in [0.5, 0.6) is 0 Å². The molecule has 3 heterocycles. The topological polar surface area (TPSA) is 62.3 Å². The molecular formula is C19H20FN3O2S2. The van der Waals surface area contributed by atoms with Gasteiger partial charge in [-0.25, -0.2) is 17.5 Å². The maximum Gasteiger partial charge on any atom is 0.250 e. The number of aromatic nitrogens is 1. The van der Waals surface area contributed by atoms with Gasteiger partial charge in [0.15, 0.2) is 0 Å². The molecule has 1 fully saturated rings. The first kappa shape index (κ1) is 18.5. The van der Waals surface area contributed by atoms with Crippen molar-refractivity contribution in [2.24, 2.45) is 0 Å². The molecule has 2 aromatic heterocycles. The number of benzene rings is 1. The zero-order valence-electron chi connectivity index (χ0n) is 14.6. The molecule has 0 aliphatic carbocycles. The fourth-order valence-corrected chi connectivity index (χ4v) is 5.78. The average Bonchev–Trinajstić information content (AvgIpc) is 3.21. The second-order valence-electron chi connectivity index (χ2n) is 6.71. The molecular weight excluding hydrogens is 385 g/mol. The molecule has 0 atom stereocenters. The van der Waals surface area contributed by atoms with Gasteiger partial charge in [0.2, 0.25) is 10.0 Å². The lowest BCUT2D eigenvalue weighted by Crippen LogP contribution is -2.44. The number of nitrogens with zero attached hydrogens (tertiary/aromatic N) is 2. The smallest absolute Gasteiger partial charge is 0.250 e. The van der Waals surface area contributed by atoms with Crippen LogP contribution in [-0.4, -0.2) is 37.4 Å². The first-order chi connectivity index (χ1) is 13.0. The molecule has 3 aromatic rings. The van der Waals surface area contributed by atoms with Crippen LogP contribution < -0.4 is 4.72 Å². The van der Waals surface area contributed by atoms with Crippen molar-refractivity contribution in [2.75, 3.05) is 13.1 Å². The number of thiophene rings is 1. The summed E-state index contributed by atoms with van der Waals surface area (Å²) in [4.78, 5) is 6.60. The van der Waals surface area contributed by atoms with Gasteiger partial charge in [0, 0.05) is 37.3 Å². The molecule has 1 aliphatic heterocycles. The summed E-state index contributed by atoms with van der Waals surface area (Å²) in [6.07, 6.45) is 3.17. The predicted octanol–water partition coefficient (Wildman–Crippen LogP) is 3.38. The van der Waals surface area contributed by atoms with E-state index >= 15 is 0 Å². The zero-order valence-corrected chi connectivity index (χ0v) is 16.3. The van der Waals surface area contributed by atoms with Crippen molar-refractivity contribution < 1.29 is 12.8 Å². The third-order valence-electron chi connectivity index (χ3n) is 4.86. The minimum atomic E-state index is -3.43. The monoisotopic (exact) mass is 405 g/mol. The van der Waals surface area contributed by atoms with Crippen LogP contribution in [0.1, 0.15) is 18.4 Å². The SMILES string of the molecule is O=S(=O)(NC1CCN(Cc2ccc(F)c3cccnc23)CC1)c1cccs1. The predicted molar refractivity (Wildman–Crippen MR) is 105 cm³/mol. The van der Waals surface area contributed by atoms with Gasteiger partial charge < -0.3 is 0 Å². The van der Waals surface area contributed by atoms with E-state index in [1.54, 1.807) is 41.9 Å². The number of halogens is 1. The third kappa shape index (κ3) is 4.03. The Bertz CT molecular complexity index is 1030. The van der Waals surface area contributed by atoms with Crippen molar-refractivity contribution in [3.05, 3.63) is 59.4 Å². The van der Waals surface area contributed by atoms with Gasteiger partial charge in [-0.3, -0.25) is 9.88 Å². The Hall–Kier alpha value is -1.87. The Morgan fingerprint density at radius 2 is 2.00 bits per heavy atom. The van der Waals surface area contributed by atoms with Crippen LogP contribution in [0.2, 0.25) is 0 Å². The van der Waals surface area contributed by atoms with E-state index in [4.69, 9.17) is 0 Å². The number of sulfonamides is 1. The summed E-state index contributed by atoms with van der Waals surface area (Å²) in [6.45, 7) is 2.24. The Morgan fingerprint density at radius 1 is 1.19 bits per heavy atom. The van der Waals surface area contributed by atoms with Crippen LogP contribution >= 0.6 is 11.3 Å². The number of likely N-dealkylation sites (tertiary alicyclic amines) is 1. The molecule has 27 heavy (non-hydrogen) atoms. The van der Waals surface area contributed by atoms with Gasteiger partial charge in [-0.1, -0.05) is 12.1 Å². The first-order valence-electron chi connectivity index (χ1n) is 8.83. The molecule has 142 valence electrons. The maximum absolute atomic E-state index is 14.0. The van der Waals surface area contributed by atoms with Crippen LogP contribution in [0.4, 0.5) is 4.39 Å². The quantitative estimate of drug-likeness (QED) is 0.707. The number of rotatable bonds is 5. The highest BCUT2D eigenvalue weighted by molar-refractivity contribution is 7.91. The summed E-state index contributed by atoms with van der Waals surface area (Å²) in [5.74, 6) is -0.261. The van der Waals surface area contributed by atoms with Gasteiger partial charge >= 0.3 is 0 Å². The van der Waals surface area contributed by atoms with Crippen molar-refractivity contribution in [3.8, 4) is 0 Å². The van der Waals surface area contributed by atoms with E-state index in [0.29, 0.717) is 21.7 Å². The molecule has 1 aliphatic rings. The lowest BCUT2D eigenvalue weighted by molar-refractivity contribution is 0.200. The maximum atomic E-state index is 14.0. The normalized spacial score (nSPS) is 16.8. The molecule has 0 bridgehead atoms. The molecule has 0 amide bonds. The Labute approximate surface area is 161 Å². The fourth-order valence-electron chi connectivity index (χ4n) is 3.47. The van der Waals surface area contributed by atoms with E-state index < -0.39 is 10.0 Å². The molecule has 0 unspecified atom stereocenters. The lowest BCUT2D eigenvalue weighted by Gasteiger charge is -2.32. The van der Waals surface area contributed by atoms with Crippen molar-refractivity contribution in [3.63, 3.8) is 0 Å². The highest BCUT2D eigenvalue weighted by atomic mass is 32.2. The number of hydrogen-bond acceptors (Lipinski definition) is 5. The average molecular weight is 406 g/mol. The Kier molecular flexibility index (Phi) is 5.23. The van der Waals surface area contributed by atoms with E-state index in [1.165, 1.54) is 17.4 Å². The second kappa shape index (κ2) is 7.63. The molecule has 1 saturated heterocycles. The Balaban J connectivity index is 1.40. The van der Waals surface area contributed by atoms with Gasteiger partial charge in [0.25, 0.3) is 0 Å². The number of fused-ring (bicyclic) bond motifs is 1. The summed E-state index contributed by atoms with van der Waals surface area (Å²) in [5, 5.41) is 2.30. The van der Waals surface area contributed by atoms with Crippen molar-refractivity contribution in [1.29, 1.82) is 0 Å². The van der Waals surface area contributed by atoms with E-state index in [2.05, 4.69) is 14.6 Å². The van der Waals surface area contributed by atoms with Crippen LogP contribution in [0, 0.1) is 5.82 Å². The molecule has 0 saturated carbocycles. The minimum Gasteiger partial charge on any atom is -0.299 e. The van der Waals surface area contributed by atoms with E-state index in [-0.39, 0.29) is 11.9 Å². The zero-order chi connectivity index (χ0) is 18.9. The van der Waals surface area contributed by atoms with Gasteiger partial charge in [0.05, 0.1) is 5.52 Å². The van der Waals surface area contributed by atoms with Gasteiger partial charge in [0.1, 0.15) is 10.0 Å². The highest BCUT2D eigenvalue weighted by Crippen LogP contribution is 2.23. The standard InChI is InChI=1S/C19H20FN3O2S2/c20-17-6-5-14(19-16(17)3-1-9-21-19)13-23-10-7-15(8-11-23)22-27(24,25)18-4-2-12-26-18/h1-6,9,12,15,22H,7-8,10-11,13H2. The molecule has 4 rings (SSSR count).